The van der Waals surface area contributed by atoms with E-state index in [0.29, 0.717) is 17.1 Å². The van der Waals surface area contributed by atoms with Crippen molar-refractivity contribution in [2.75, 3.05) is 11.9 Å². The lowest BCUT2D eigenvalue weighted by atomic mass is 10.1. The summed E-state index contributed by atoms with van der Waals surface area (Å²) < 4.78 is 11.5. The Kier molecular flexibility index (Phi) is 8.84. The van der Waals surface area contributed by atoms with Gasteiger partial charge in [-0.2, -0.15) is 0 Å². The second kappa shape index (κ2) is 12.7. The van der Waals surface area contributed by atoms with Crippen molar-refractivity contribution in [2.24, 2.45) is 0 Å². The highest BCUT2D eigenvalue weighted by Crippen LogP contribution is 2.25. The first-order chi connectivity index (χ1) is 19.3. The summed E-state index contributed by atoms with van der Waals surface area (Å²) in [5.74, 6) is -2.17. The molecule has 1 amide bonds. The Morgan fingerprint density at radius 2 is 1.90 bits per heavy atom. The van der Waals surface area contributed by atoms with Gasteiger partial charge in [-0.25, -0.2) is 9.61 Å². The summed E-state index contributed by atoms with van der Waals surface area (Å²) in [4.78, 5) is 54.9. The molecule has 0 fully saturated rings. The molecule has 208 valence electrons. The van der Waals surface area contributed by atoms with Gasteiger partial charge in [0.05, 0.1) is 13.0 Å². The van der Waals surface area contributed by atoms with E-state index >= 15 is 0 Å². The number of rotatable bonds is 13. The third-order valence-electron chi connectivity index (χ3n) is 6.27. The van der Waals surface area contributed by atoms with Crippen molar-refractivity contribution in [3.05, 3.63) is 76.6 Å². The van der Waals surface area contributed by atoms with Crippen LogP contribution in [0.1, 0.15) is 37.2 Å². The van der Waals surface area contributed by atoms with Gasteiger partial charge in [0.15, 0.2) is 11.6 Å². The van der Waals surface area contributed by atoms with E-state index in [1.165, 1.54) is 17.0 Å². The molecule has 4 aromatic rings. The van der Waals surface area contributed by atoms with Crippen molar-refractivity contribution in [1.29, 1.82) is 0 Å². The Labute approximate surface area is 228 Å². The summed E-state index contributed by atoms with van der Waals surface area (Å²) in [5.41, 5.74) is 0.453. The van der Waals surface area contributed by atoms with Gasteiger partial charge in [0.1, 0.15) is 35.8 Å². The molecule has 0 bridgehead atoms. The largest absolute Gasteiger partial charge is 0.485 e. The average Bonchev–Trinajstić information content (AvgIpc) is 3.36. The second-order valence-electron chi connectivity index (χ2n) is 8.95. The molecule has 40 heavy (non-hydrogen) atoms. The first-order valence-electron chi connectivity index (χ1n) is 12.5. The summed E-state index contributed by atoms with van der Waals surface area (Å²) in [5, 5.41) is 23.9. The van der Waals surface area contributed by atoms with Crippen molar-refractivity contribution in [2.45, 2.75) is 45.3 Å². The third-order valence-corrected chi connectivity index (χ3v) is 6.27. The molecule has 13 heteroatoms. The minimum Gasteiger partial charge on any atom is -0.485 e. The number of aryl methyl sites for hydroxylation is 1. The van der Waals surface area contributed by atoms with E-state index in [-0.39, 0.29) is 18.8 Å². The molecule has 0 radical (unpaired) electrons. The maximum atomic E-state index is 13.2. The van der Waals surface area contributed by atoms with Crippen LogP contribution in [0, 0.1) is 6.92 Å². The number of nitrogens with one attached hydrogen (secondary N) is 2. The number of hydrogen-bond donors (Lipinski definition) is 3. The van der Waals surface area contributed by atoms with Gasteiger partial charge in [0.25, 0.3) is 5.56 Å². The van der Waals surface area contributed by atoms with Crippen LogP contribution in [0.5, 0.6) is 5.75 Å². The summed E-state index contributed by atoms with van der Waals surface area (Å²) in [6.07, 6.45) is 2.23. The van der Waals surface area contributed by atoms with E-state index in [4.69, 9.17) is 4.74 Å². The SMILES string of the molecule is CCC(C(=O)N[C@@H](CC(=O)O)C(=O)COc1cccc2ccccc12)n1ccnc(NCc2nonc2C)c1=O. The van der Waals surface area contributed by atoms with Crippen molar-refractivity contribution in [3.8, 4) is 5.75 Å². The standard InChI is InChI=1S/C27H28N6O7/c1-3-21(33-12-11-28-25(27(33)38)29-14-20-16(2)31-40-32-20)26(37)30-19(13-24(35)36)22(34)15-39-23-10-6-8-17-7-4-5-9-18(17)23/h4-12,19,21H,3,13-15H2,1-2H3,(H,28,29)(H,30,37)(H,35,36)/t19-,21?/m0/s1. The Balaban J connectivity index is 1.47. The first kappa shape index (κ1) is 28.0. The normalized spacial score (nSPS) is 12.4. The molecular formula is C27H28N6O7. The number of carbonyl (C=O) groups excluding carboxylic acids is 2. The number of nitrogens with zero attached hydrogens (tertiary/aromatic N) is 4. The quantitative estimate of drug-likeness (QED) is 0.223. The zero-order chi connectivity index (χ0) is 28.6. The highest BCUT2D eigenvalue weighted by atomic mass is 16.6. The number of amides is 1. The summed E-state index contributed by atoms with van der Waals surface area (Å²) in [6.45, 7) is 3.05. The highest BCUT2D eigenvalue weighted by molar-refractivity contribution is 5.94. The van der Waals surface area contributed by atoms with E-state index in [0.717, 1.165) is 10.8 Å². The van der Waals surface area contributed by atoms with Gasteiger partial charge in [-0.15, -0.1) is 0 Å². The molecule has 13 nitrogen and oxygen atoms in total. The smallest absolute Gasteiger partial charge is 0.305 e. The number of Topliss-reactive ketones (excluding diaryl/α,β-unsaturated/α-hetero) is 1. The monoisotopic (exact) mass is 548 g/mol. The van der Waals surface area contributed by atoms with E-state index in [2.05, 4.69) is 30.6 Å². The van der Waals surface area contributed by atoms with Gasteiger partial charge >= 0.3 is 5.97 Å². The van der Waals surface area contributed by atoms with Crippen LogP contribution in [-0.2, 0) is 20.9 Å². The number of benzene rings is 2. The molecule has 2 aromatic heterocycles. The van der Waals surface area contributed by atoms with Gasteiger partial charge in [-0.05, 0) is 24.8 Å². The van der Waals surface area contributed by atoms with Gasteiger partial charge < -0.3 is 20.5 Å². The topological polar surface area (TPSA) is 179 Å². The number of hydrogen-bond acceptors (Lipinski definition) is 10. The van der Waals surface area contributed by atoms with Crippen molar-refractivity contribution in [3.63, 3.8) is 0 Å². The number of carboxylic acid groups (broad SMARTS) is 1. The molecule has 0 spiro atoms. The van der Waals surface area contributed by atoms with Crippen molar-refractivity contribution in [1.82, 2.24) is 25.2 Å². The number of anilines is 1. The molecule has 2 atom stereocenters. The number of fused-ring (bicyclic) bond motifs is 1. The number of ether oxygens (including phenoxy) is 1. The van der Waals surface area contributed by atoms with Crippen molar-refractivity contribution >= 4 is 34.3 Å². The number of carbonyl (C=O) groups is 3. The van der Waals surface area contributed by atoms with Gasteiger partial charge in [0.2, 0.25) is 5.91 Å². The predicted molar refractivity (Wildman–Crippen MR) is 143 cm³/mol. The van der Waals surface area contributed by atoms with E-state index in [1.807, 2.05) is 30.3 Å². The van der Waals surface area contributed by atoms with Crippen LogP contribution < -0.4 is 20.9 Å². The molecule has 4 rings (SSSR count). The van der Waals surface area contributed by atoms with Gasteiger partial charge in [-0.3, -0.25) is 23.7 Å². The lowest BCUT2D eigenvalue weighted by Gasteiger charge is -2.22. The van der Waals surface area contributed by atoms with Crippen LogP contribution in [0.15, 0.2) is 64.3 Å². The van der Waals surface area contributed by atoms with Crippen LogP contribution in [0.3, 0.4) is 0 Å². The fourth-order valence-corrected chi connectivity index (χ4v) is 4.14. The zero-order valence-corrected chi connectivity index (χ0v) is 21.9. The van der Waals surface area contributed by atoms with Crippen LogP contribution in [0.2, 0.25) is 0 Å². The fourth-order valence-electron chi connectivity index (χ4n) is 4.14. The van der Waals surface area contributed by atoms with Crippen molar-refractivity contribution < 1.29 is 28.9 Å². The fraction of sp³-hybridized carbons (Fsp3) is 0.296. The minimum absolute atomic E-state index is 0.0298. The Bertz CT molecular complexity index is 1580. The van der Waals surface area contributed by atoms with E-state index in [1.54, 1.807) is 26.0 Å². The Hall–Kier alpha value is -5.07. The van der Waals surface area contributed by atoms with Crippen LogP contribution in [-0.4, -0.2) is 55.3 Å². The van der Waals surface area contributed by atoms with Crippen LogP contribution >= 0.6 is 0 Å². The molecular weight excluding hydrogens is 520 g/mol. The average molecular weight is 549 g/mol. The first-order valence-corrected chi connectivity index (χ1v) is 12.5. The molecule has 0 saturated heterocycles. The molecule has 2 heterocycles. The second-order valence-corrected chi connectivity index (χ2v) is 8.95. The lowest BCUT2D eigenvalue weighted by Crippen LogP contribution is -2.48. The predicted octanol–water partition coefficient (Wildman–Crippen LogP) is 2.26. The molecule has 0 aliphatic heterocycles. The van der Waals surface area contributed by atoms with E-state index < -0.39 is 48.3 Å². The molecule has 3 N–H and O–H groups in total. The molecule has 0 aliphatic carbocycles. The Morgan fingerprint density at radius 3 is 2.62 bits per heavy atom. The highest BCUT2D eigenvalue weighted by Gasteiger charge is 2.29. The summed E-state index contributed by atoms with van der Waals surface area (Å²) in [6, 6.07) is 10.4. The maximum Gasteiger partial charge on any atom is 0.305 e. The van der Waals surface area contributed by atoms with Crippen LogP contribution in [0.25, 0.3) is 10.8 Å². The van der Waals surface area contributed by atoms with Crippen LogP contribution in [0.4, 0.5) is 5.82 Å². The summed E-state index contributed by atoms with van der Waals surface area (Å²) >= 11 is 0. The Morgan fingerprint density at radius 1 is 1.12 bits per heavy atom. The minimum atomic E-state index is -1.37. The lowest BCUT2D eigenvalue weighted by molar-refractivity contribution is -0.140. The number of aromatic nitrogens is 4. The number of ketones is 1. The zero-order valence-electron chi connectivity index (χ0n) is 21.9. The maximum absolute atomic E-state index is 13.2. The third kappa shape index (κ3) is 6.49. The van der Waals surface area contributed by atoms with Gasteiger partial charge in [0, 0.05) is 17.8 Å². The molecule has 2 aromatic carbocycles. The molecule has 0 aliphatic rings. The molecule has 0 saturated carbocycles. The van der Waals surface area contributed by atoms with Gasteiger partial charge in [-0.1, -0.05) is 53.6 Å². The number of carboxylic acids is 1. The summed E-state index contributed by atoms with van der Waals surface area (Å²) in [7, 11) is 0. The number of aliphatic carboxylic acids is 1. The van der Waals surface area contributed by atoms with E-state index in [9.17, 15) is 24.3 Å². The molecule has 1 unspecified atom stereocenters.